The fourth-order valence-electron chi connectivity index (χ4n) is 1.78. The topological polar surface area (TPSA) is 94.0 Å². The smallest absolute Gasteiger partial charge is 0.263 e. The number of anilines is 2. The van der Waals surface area contributed by atoms with E-state index in [2.05, 4.69) is 15.5 Å². The Morgan fingerprint density at radius 1 is 1.36 bits per heavy atom. The van der Waals surface area contributed by atoms with Crippen LogP contribution in [0.2, 0.25) is 0 Å². The summed E-state index contributed by atoms with van der Waals surface area (Å²) in [6.07, 6.45) is 1.53. The Bertz CT molecular complexity index is 833. The maximum absolute atomic E-state index is 13.6. The molecule has 0 unspecified atom stereocenters. The molecule has 2 heterocycles. The first-order valence-corrected chi connectivity index (χ1v) is 6.85. The summed E-state index contributed by atoms with van der Waals surface area (Å²) in [6.45, 7) is 0. The summed E-state index contributed by atoms with van der Waals surface area (Å²) in [5, 5.41) is 8.12. The standard InChI is InChI=1S/C13H8F2N4O2S/c14-6-1-2-8(7(15)5-6)18-12(20)9-10(19-21-11(9)16)13-17-3-4-22-13/h1-5H,16H2,(H,18,20). The zero-order valence-electron chi connectivity index (χ0n) is 10.8. The Morgan fingerprint density at radius 2 is 2.18 bits per heavy atom. The van der Waals surface area contributed by atoms with E-state index >= 15 is 0 Å². The summed E-state index contributed by atoms with van der Waals surface area (Å²) in [5.74, 6) is -2.60. The third-order valence-corrected chi connectivity index (χ3v) is 3.54. The first-order chi connectivity index (χ1) is 10.6. The quantitative estimate of drug-likeness (QED) is 0.773. The molecule has 3 aromatic rings. The average molecular weight is 322 g/mol. The van der Waals surface area contributed by atoms with Gasteiger partial charge in [-0.3, -0.25) is 4.79 Å². The van der Waals surface area contributed by atoms with Gasteiger partial charge < -0.3 is 15.6 Å². The highest BCUT2D eigenvalue weighted by Crippen LogP contribution is 2.29. The van der Waals surface area contributed by atoms with Crippen LogP contribution in [0.25, 0.3) is 10.7 Å². The van der Waals surface area contributed by atoms with Crippen LogP contribution in [0.3, 0.4) is 0 Å². The van der Waals surface area contributed by atoms with E-state index in [9.17, 15) is 13.6 Å². The van der Waals surface area contributed by atoms with Crippen molar-refractivity contribution < 1.29 is 18.1 Å². The minimum absolute atomic E-state index is 0.0568. The van der Waals surface area contributed by atoms with E-state index in [0.29, 0.717) is 11.1 Å². The second-order valence-corrected chi connectivity index (χ2v) is 5.08. The van der Waals surface area contributed by atoms with Gasteiger partial charge in [0, 0.05) is 17.6 Å². The molecule has 0 atom stereocenters. The number of nitrogens with two attached hydrogens (primary N) is 1. The number of aromatic nitrogens is 2. The van der Waals surface area contributed by atoms with Gasteiger partial charge in [-0.1, -0.05) is 5.16 Å². The lowest BCUT2D eigenvalue weighted by atomic mass is 10.2. The summed E-state index contributed by atoms with van der Waals surface area (Å²) in [6, 6.07) is 2.79. The highest BCUT2D eigenvalue weighted by Gasteiger charge is 2.24. The largest absolute Gasteiger partial charge is 0.367 e. The fourth-order valence-corrected chi connectivity index (χ4v) is 2.41. The Labute approximate surface area is 126 Å². The number of nitrogens with zero attached hydrogens (tertiary/aromatic N) is 2. The number of amides is 1. The molecule has 1 amide bonds. The minimum Gasteiger partial charge on any atom is -0.367 e. The Balaban J connectivity index is 1.94. The number of carbonyl (C=O) groups excluding carboxylic acids is 1. The molecular formula is C13H8F2N4O2S. The molecule has 0 saturated carbocycles. The molecule has 0 radical (unpaired) electrons. The van der Waals surface area contributed by atoms with Crippen LogP contribution in [0, 0.1) is 11.6 Å². The van der Waals surface area contributed by atoms with Gasteiger partial charge in [0.1, 0.15) is 22.2 Å². The van der Waals surface area contributed by atoms with E-state index in [-0.39, 0.29) is 22.8 Å². The fraction of sp³-hybridized carbons (Fsp3) is 0. The van der Waals surface area contributed by atoms with Crippen LogP contribution in [0.15, 0.2) is 34.3 Å². The van der Waals surface area contributed by atoms with Crippen LogP contribution in [0.5, 0.6) is 0 Å². The number of hydrogen-bond donors (Lipinski definition) is 2. The second-order valence-electron chi connectivity index (χ2n) is 4.19. The van der Waals surface area contributed by atoms with Crippen LogP contribution in [0.1, 0.15) is 10.4 Å². The monoisotopic (exact) mass is 322 g/mol. The zero-order valence-corrected chi connectivity index (χ0v) is 11.7. The number of thiazole rings is 1. The molecule has 0 aliphatic carbocycles. The number of halogens is 2. The average Bonchev–Trinajstić information content (AvgIpc) is 3.10. The van der Waals surface area contributed by atoms with E-state index in [0.717, 1.165) is 12.1 Å². The van der Waals surface area contributed by atoms with E-state index in [1.165, 1.54) is 17.5 Å². The molecule has 0 bridgehead atoms. The van der Waals surface area contributed by atoms with Gasteiger partial charge in [0.15, 0.2) is 5.69 Å². The van der Waals surface area contributed by atoms with E-state index in [1.807, 2.05) is 0 Å². The van der Waals surface area contributed by atoms with Crippen molar-refractivity contribution >= 4 is 28.8 Å². The third kappa shape index (κ3) is 2.53. The lowest BCUT2D eigenvalue weighted by Gasteiger charge is -2.06. The summed E-state index contributed by atoms with van der Waals surface area (Å²) < 4.78 is 31.3. The predicted molar refractivity (Wildman–Crippen MR) is 76.3 cm³/mol. The van der Waals surface area contributed by atoms with Crippen LogP contribution < -0.4 is 11.1 Å². The Hall–Kier alpha value is -2.81. The molecule has 0 saturated heterocycles. The van der Waals surface area contributed by atoms with E-state index in [4.69, 9.17) is 10.3 Å². The number of benzene rings is 1. The molecular weight excluding hydrogens is 314 g/mol. The highest BCUT2D eigenvalue weighted by molar-refractivity contribution is 7.13. The molecule has 0 aliphatic rings. The molecule has 6 nitrogen and oxygen atoms in total. The lowest BCUT2D eigenvalue weighted by Crippen LogP contribution is -2.15. The minimum atomic E-state index is -0.904. The zero-order chi connectivity index (χ0) is 15.7. The van der Waals surface area contributed by atoms with Gasteiger partial charge in [-0.05, 0) is 12.1 Å². The maximum atomic E-state index is 13.6. The van der Waals surface area contributed by atoms with E-state index in [1.54, 1.807) is 5.38 Å². The molecule has 22 heavy (non-hydrogen) atoms. The van der Waals surface area contributed by atoms with Crippen molar-refractivity contribution in [1.29, 1.82) is 0 Å². The van der Waals surface area contributed by atoms with Gasteiger partial charge in [0.05, 0.1) is 5.69 Å². The Morgan fingerprint density at radius 3 is 2.86 bits per heavy atom. The highest BCUT2D eigenvalue weighted by atomic mass is 32.1. The Kier molecular flexibility index (Phi) is 3.55. The summed E-state index contributed by atoms with van der Waals surface area (Å²) >= 11 is 1.24. The number of hydrogen-bond acceptors (Lipinski definition) is 6. The van der Waals surface area contributed by atoms with Crippen molar-refractivity contribution in [3.63, 3.8) is 0 Å². The van der Waals surface area contributed by atoms with Crippen LogP contribution in [0.4, 0.5) is 20.4 Å². The molecule has 3 rings (SSSR count). The molecule has 2 aromatic heterocycles. The van der Waals surface area contributed by atoms with Gasteiger partial charge in [-0.15, -0.1) is 11.3 Å². The van der Waals surface area contributed by atoms with Crippen molar-refractivity contribution in [3.05, 3.63) is 47.0 Å². The third-order valence-electron chi connectivity index (χ3n) is 2.76. The van der Waals surface area contributed by atoms with Gasteiger partial charge in [0.25, 0.3) is 5.91 Å². The van der Waals surface area contributed by atoms with Crippen molar-refractivity contribution in [2.24, 2.45) is 0 Å². The van der Waals surface area contributed by atoms with Crippen molar-refractivity contribution in [1.82, 2.24) is 10.1 Å². The van der Waals surface area contributed by atoms with Crippen LogP contribution >= 0.6 is 11.3 Å². The normalized spacial score (nSPS) is 10.6. The molecule has 0 aliphatic heterocycles. The van der Waals surface area contributed by atoms with Crippen LogP contribution in [-0.2, 0) is 0 Å². The van der Waals surface area contributed by atoms with Gasteiger partial charge in [-0.2, -0.15) is 0 Å². The van der Waals surface area contributed by atoms with Gasteiger partial charge in [-0.25, -0.2) is 13.8 Å². The summed E-state index contributed by atoms with van der Waals surface area (Å²) in [7, 11) is 0. The van der Waals surface area contributed by atoms with Crippen molar-refractivity contribution in [3.8, 4) is 10.7 Å². The summed E-state index contributed by atoms with van der Waals surface area (Å²) in [5.41, 5.74) is 5.52. The SMILES string of the molecule is Nc1onc(-c2nccs2)c1C(=O)Nc1ccc(F)cc1F. The van der Waals surface area contributed by atoms with Gasteiger partial charge in [0.2, 0.25) is 5.88 Å². The number of nitrogen functional groups attached to an aromatic ring is 1. The molecule has 9 heteroatoms. The number of carbonyl (C=O) groups is 1. The van der Waals surface area contributed by atoms with Crippen molar-refractivity contribution in [2.45, 2.75) is 0 Å². The first kappa shape index (κ1) is 14.1. The maximum Gasteiger partial charge on any atom is 0.263 e. The molecule has 0 fully saturated rings. The second kappa shape index (κ2) is 5.53. The predicted octanol–water partition coefficient (Wildman–Crippen LogP) is 2.91. The van der Waals surface area contributed by atoms with Crippen molar-refractivity contribution in [2.75, 3.05) is 11.1 Å². The first-order valence-electron chi connectivity index (χ1n) is 5.97. The number of rotatable bonds is 3. The molecule has 0 spiro atoms. The molecule has 1 aromatic carbocycles. The van der Waals surface area contributed by atoms with Gasteiger partial charge >= 0.3 is 0 Å². The van der Waals surface area contributed by atoms with E-state index < -0.39 is 17.5 Å². The lowest BCUT2D eigenvalue weighted by molar-refractivity contribution is 0.102. The summed E-state index contributed by atoms with van der Waals surface area (Å²) in [4.78, 5) is 16.3. The number of nitrogens with one attached hydrogen (secondary N) is 1. The van der Waals surface area contributed by atoms with Crippen LogP contribution in [-0.4, -0.2) is 16.0 Å². The molecule has 3 N–H and O–H groups in total. The molecule has 112 valence electrons.